The fraction of sp³-hybridized carbons (Fsp3) is 0.333. The lowest BCUT2D eigenvalue weighted by molar-refractivity contribution is -0.140. The van der Waals surface area contributed by atoms with E-state index in [2.05, 4.69) is 5.90 Å². The van der Waals surface area contributed by atoms with Crippen molar-refractivity contribution in [3.05, 3.63) is 29.8 Å². The summed E-state index contributed by atoms with van der Waals surface area (Å²) in [4.78, 5) is 20.9. The standard InChI is InChI=1S/C12H12F3NO6S.H3NO/c13-12(14,15)7-3-1-2-4-8(7)23(21,22)9(11(19)16-20)5-6-10(17)18;1-2/h1-4,9,20H,5-6H2,(H,16,19)(H,17,18);2H,1H2. The Morgan fingerprint density at radius 2 is 1.72 bits per heavy atom. The lowest BCUT2D eigenvalue weighted by Crippen LogP contribution is -2.39. The number of amides is 1. The number of halogens is 3. The number of carboxylic acid groups (broad SMARTS) is 1. The van der Waals surface area contributed by atoms with Crippen molar-refractivity contribution in [2.24, 2.45) is 5.90 Å². The Kier molecular flexibility index (Phi) is 8.49. The van der Waals surface area contributed by atoms with Gasteiger partial charge in [-0.1, -0.05) is 12.1 Å². The van der Waals surface area contributed by atoms with Crippen molar-refractivity contribution in [3.8, 4) is 0 Å². The minimum Gasteiger partial charge on any atom is -0.481 e. The first kappa shape index (κ1) is 22.8. The first-order chi connectivity index (χ1) is 11.5. The number of nitrogens with one attached hydrogen (secondary N) is 1. The second kappa shape index (κ2) is 9.31. The van der Waals surface area contributed by atoms with Crippen LogP contribution in [0.25, 0.3) is 0 Å². The smallest absolute Gasteiger partial charge is 0.417 e. The van der Waals surface area contributed by atoms with Crippen LogP contribution in [0.4, 0.5) is 13.2 Å². The van der Waals surface area contributed by atoms with Gasteiger partial charge in [0.2, 0.25) is 0 Å². The molecule has 9 nitrogen and oxygen atoms in total. The Morgan fingerprint density at radius 1 is 1.20 bits per heavy atom. The summed E-state index contributed by atoms with van der Waals surface area (Å²) in [5.41, 5.74) is -0.450. The lowest BCUT2D eigenvalue weighted by Gasteiger charge is -2.18. The number of carbonyl (C=O) groups excluding carboxylic acids is 1. The highest BCUT2D eigenvalue weighted by atomic mass is 32.2. The predicted octanol–water partition coefficient (Wildman–Crippen LogP) is 0.552. The van der Waals surface area contributed by atoms with Crippen molar-refractivity contribution < 1.29 is 46.7 Å². The van der Waals surface area contributed by atoms with Gasteiger partial charge in [0.25, 0.3) is 5.91 Å². The molecule has 0 radical (unpaired) electrons. The molecule has 6 N–H and O–H groups in total. The number of sulfone groups is 1. The molecule has 0 aromatic heterocycles. The van der Waals surface area contributed by atoms with E-state index in [1.807, 2.05) is 0 Å². The molecule has 1 atom stereocenters. The van der Waals surface area contributed by atoms with Gasteiger partial charge in [0, 0.05) is 6.42 Å². The highest BCUT2D eigenvalue weighted by molar-refractivity contribution is 7.92. The van der Waals surface area contributed by atoms with E-state index in [1.165, 1.54) is 0 Å². The summed E-state index contributed by atoms with van der Waals surface area (Å²) >= 11 is 0. The second-order valence-electron chi connectivity index (χ2n) is 4.44. The molecular weight excluding hydrogens is 373 g/mol. The van der Waals surface area contributed by atoms with Gasteiger partial charge < -0.3 is 10.3 Å². The van der Waals surface area contributed by atoms with E-state index in [-0.39, 0.29) is 0 Å². The summed E-state index contributed by atoms with van der Waals surface area (Å²) in [5.74, 6) is 0.545. The van der Waals surface area contributed by atoms with Crippen LogP contribution in [0, 0.1) is 0 Å². The van der Waals surface area contributed by atoms with Crippen LogP contribution in [0.3, 0.4) is 0 Å². The van der Waals surface area contributed by atoms with E-state index >= 15 is 0 Å². The third-order valence-electron chi connectivity index (χ3n) is 2.90. The summed E-state index contributed by atoms with van der Waals surface area (Å²) in [6.45, 7) is 0. The van der Waals surface area contributed by atoms with E-state index in [4.69, 9.17) is 15.5 Å². The van der Waals surface area contributed by atoms with Crippen LogP contribution >= 0.6 is 0 Å². The van der Waals surface area contributed by atoms with Gasteiger partial charge in [-0.3, -0.25) is 14.8 Å². The van der Waals surface area contributed by atoms with E-state index in [9.17, 15) is 31.2 Å². The van der Waals surface area contributed by atoms with Crippen LogP contribution in [0.1, 0.15) is 18.4 Å². The van der Waals surface area contributed by atoms with E-state index in [0.29, 0.717) is 12.1 Å². The number of hydrogen-bond donors (Lipinski definition) is 5. The first-order valence-corrected chi connectivity index (χ1v) is 7.88. The fourth-order valence-electron chi connectivity index (χ4n) is 1.86. The highest BCUT2D eigenvalue weighted by Crippen LogP contribution is 2.35. The van der Waals surface area contributed by atoms with Gasteiger partial charge in [-0.15, -0.1) is 0 Å². The molecule has 0 spiro atoms. The predicted molar refractivity (Wildman–Crippen MR) is 75.2 cm³/mol. The van der Waals surface area contributed by atoms with Crippen molar-refractivity contribution in [1.82, 2.24) is 5.48 Å². The van der Waals surface area contributed by atoms with Crippen LogP contribution in [-0.4, -0.2) is 41.1 Å². The fourth-order valence-corrected chi connectivity index (χ4v) is 3.68. The Hall–Kier alpha value is -2.22. The van der Waals surface area contributed by atoms with Crippen molar-refractivity contribution in [2.45, 2.75) is 29.2 Å². The van der Waals surface area contributed by atoms with Gasteiger partial charge in [-0.05, 0) is 18.6 Å². The zero-order valence-corrected chi connectivity index (χ0v) is 13.2. The number of carbonyl (C=O) groups is 2. The van der Waals surface area contributed by atoms with Gasteiger partial charge in [0.1, 0.15) is 5.25 Å². The summed E-state index contributed by atoms with van der Waals surface area (Å²) in [6, 6.07) is 3.20. The quantitative estimate of drug-likeness (QED) is 0.348. The number of nitrogens with two attached hydrogens (primary N) is 1. The lowest BCUT2D eigenvalue weighted by atomic mass is 10.2. The summed E-state index contributed by atoms with van der Waals surface area (Å²) in [7, 11) is -4.88. The van der Waals surface area contributed by atoms with Crippen LogP contribution in [-0.2, 0) is 25.6 Å². The third kappa shape index (κ3) is 5.97. The van der Waals surface area contributed by atoms with Crippen LogP contribution in [0.2, 0.25) is 0 Å². The average Bonchev–Trinajstić information content (AvgIpc) is 2.55. The molecule has 142 valence electrons. The molecule has 13 heteroatoms. The summed E-state index contributed by atoms with van der Waals surface area (Å²) in [6.07, 6.45) is -6.57. The molecule has 0 saturated heterocycles. The molecule has 1 unspecified atom stereocenters. The van der Waals surface area contributed by atoms with Gasteiger partial charge in [0.05, 0.1) is 10.5 Å². The normalized spacial score (nSPS) is 12.6. The molecule has 0 saturated carbocycles. The van der Waals surface area contributed by atoms with Gasteiger partial charge in [0.15, 0.2) is 9.84 Å². The van der Waals surface area contributed by atoms with Crippen LogP contribution in [0.5, 0.6) is 0 Å². The van der Waals surface area contributed by atoms with Crippen LogP contribution in [0.15, 0.2) is 29.2 Å². The zero-order chi connectivity index (χ0) is 19.8. The van der Waals surface area contributed by atoms with Crippen molar-refractivity contribution >= 4 is 21.7 Å². The number of hydrogen-bond acceptors (Lipinski definition) is 7. The third-order valence-corrected chi connectivity index (χ3v) is 5.06. The minimum atomic E-state index is -4.99. The van der Waals surface area contributed by atoms with Crippen molar-refractivity contribution in [3.63, 3.8) is 0 Å². The largest absolute Gasteiger partial charge is 0.481 e. The molecule has 0 aliphatic rings. The molecule has 0 heterocycles. The van der Waals surface area contributed by atoms with E-state index in [1.54, 1.807) is 0 Å². The maximum atomic E-state index is 12.9. The minimum absolute atomic E-state index is 0.526. The maximum Gasteiger partial charge on any atom is 0.417 e. The molecule has 0 fully saturated rings. The second-order valence-corrected chi connectivity index (χ2v) is 6.53. The Morgan fingerprint density at radius 3 is 2.16 bits per heavy atom. The molecular formula is C12H15F3N2O7S. The van der Waals surface area contributed by atoms with Gasteiger partial charge >= 0.3 is 12.1 Å². The first-order valence-electron chi connectivity index (χ1n) is 6.33. The Bertz CT molecular complexity index is 707. The molecule has 25 heavy (non-hydrogen) atoms. The number of carboxylic acids is 1. The van der Waals surface area contributed by atoms with E-state index < -0.39 is 56.4 Å². The van der Waals surface area contributed by atoms with E-state index in [0.717, 1.165) is 17.6 Å². The van der Waals surface area contributed by atoms with Gasteiger partial charge in [-0.25, -0.2) is 19.8 Å². The van der Waals surface area contributed by atoms with Crippen molar-refractivity contribution in [1.29, 1.82) is 0 Å². The molecule has 1 rings (SSSR count). The van der Waals surface area contributed by atoms with Gasteiger partial charge in [-0.2, -0.15) is 13.2 Å². The number of benzene rings is 1. The molecule has 0 bridgehead atoms. The molecule has 1 amide bonds. The number of aliphatic carboxylic acids is 1. The molecule has 0 aliphatic carbocycles. The Balaban J connectivity index is 0.00000277. The average molecular weight is 388 g/mol. The van der Waals surface area contributed by atoms with Crippen LogP contribution < -0.4 is 11.4 Å². The number of hydroxylamine groups is 1. The number of rotatable bonds is 6. The monoisotopic (exact) mass is 388 g/mol. The highest BCUT2D eigenvalue weighted by Gasteiger charge is 2.41. The Labute approximate surface area is 139 Å². The molecule has 0 aliphatic heterocycles. The number of alkyl halides is 3. The molecule has 1 aromatic rings. The SMILES string of the molecule is NO.O=C(O)CCC(C(=O)NO)S(=O)(=O)c1ccccc1C(F)(F)F. The topological polar surface area (TPSA) is 167 Å². The summed E-state index contributed by atoms with van der Waals surface area (Å²) < 4.78 is 63.5. The zero-order valence-electron chi connectivity index (χ0n) is 12.4. The maximum absolute atomic E-state index is 12.9. The van der Waals surface area contributed by atoms with Crippen molar-refractivity contribution in [2.75, 3.05) is 0 Å². The summed E-state index contributed by atoms with van der Waals surface area (Å²) in [5, 5.41) is 21.5. The molecule has 1 aromatic carbocycles.